The Labute approximate surface area is 321 Å². The summed E-state index contributed by atoms with van der Waals surface area (Å²) in [4.78, 5) is 51.0. The summed E-state index contributed by atoms with van der Waals surface area (Å²) < 4.78 is 24.0. The van der Waals surface area contributed by atoms with E-state index in [0.717, 1.165) is 42.0 Å². The number of carbonyl (C=O) groups is 4. The molecule has 2 aromatic carbocycles. The first-order valence-electron chi connectivity index (χ1n) is 18.8. The molecule has 4 aliphatic rings. The minimum absolute atomic E-state index is 0.0363. The molecule has 0 aromatic heterocycles. The molecule has 11 atom stereocenters. The standard InChI is InChI=1S/C41H51Cl3O8/c1-24(11-14-35(45)49-23-26-9-6-8-25-7-4-5-10-29(25)26)30-12-13-31-39-32(19-34(41(30,31)3)52-38(48)22-44)40(2)16-15-28(50-36(46)20-42)17-27(40)18-33(39)51-37(47)21-43/h4-10,24,27-28,30-34,39H,11-23H2,1-3H3/t24-,27+,28-,30-,31+,32+,33-,34+,39+,40+,41-/m1/s1. The van der Waals surface area contributed by atoms with E-state index in [4.69, 9.17) is 53.8 Å². The van der Waals surface area contributed by atoms with Crippen LogP contribution in [0.15, 0.2) is 42.5 Å². The third-order valence-corrected chi connectivity index (χ3v) is 14.4. The predicted octanol–water partition coefficient (Wildman–Crippen LogP) is 8.63. The molecule has 0 N–H and O–H groups in total. The topological polar surface area (TPSA) is 105 Å². The molecule has 0 aliphatic heterocycles. The van der Waals surface area contributed by atoms with Crippen LogP contribution in [-0.2, 0) is 44.7 Å². The maximum Gasteiger partial charge on any atom is 0.321 e. The van der Waals surface area contributed by atoms with E-state index in [0.29, 0.717) is 25.7 Å². The fourth-order valence-electron chi connectivity index (χ4n) is 11.3. The molecule has 0 bridgehead atoms. The molecule has 2 aromatic rings. The lowest BCUT2D eigenvalue weighted by atomic mass is 9.43. The van der Waals surface area contributed by atoms with Gasteiger partial charge in [0.25, 0.3) is 0 Å². The van der Waals surface area contributed by atoms with Crippen LogP contribution >= 0.6 is 34.8 Å². The highest BCUT2D eigenvalue weighted by atomic mass is 35.5. The molecule has 0 saturated heterocycles. The number of esters is 4. The first-order chi connectivity index (χ1) is 24.9. The third-order valence-electron chi connectivity index (χ3n) is 13.7. The van der Waals surface area contributed by atoms with E-state index in [-0.39, 0.29) is 89.8 Å². The summed E-state index contributed by atoms with van der Waals surface area (Å²) in [6.07, 6.45) is 5.16. The number of fused-ring (bicyclic) bond motifs is 6. The van der Waals surface area contributed by atoms with Crippen molar-refractivity contribution < 1.29 is 38.1 Å². The molecule has 4 aliphatic carbocycles. The Hall–Kier alpha value is -2.55. The average molecular weight is 778 g/mol. The van der Waals surface area contributed by atoms with Crippen LogP contribution in [0, 0.1) is 46.3 Å². The fraction of sp³-hybridized carbons (Fsp3) is 0.659. The van der Waals surface area contributed by atoms with E-state index >= 15 is 0 Å². The molecule has 284 valence electrons. The number of hydrogen-bond acceptors (Lipinski definition) is 8. The lowest BCUT2D eigenvalue weighted by Crippen LogP contribution is -2.63. The predicted molar refractivity (Wildman–Crippen MR) is 200 cm³/mol. The molecule has 4 fully saturated rings. The lowest BCUT2D eigenvalue weighted by Gasteiger charge is -2.64. The second kappa shape index (κ2) is 16.4. The van der Waals surface area contributed by atoms with Gasteiger partial charge in [-0.15, -0.1) is 34.8 Å². The van der Waals surface area contributed by atoms with E-state index in [1.165, 1.54) is 0 Å². The van der Waals surface area contributed by atoms with Gasteiger partial charge in [0.1, 0.15) is 42.6 Å². The maximum atomic E-state index is 13.1. The average Bonchev–Trinajstić information content (AvgIpc) is 3.51. The van der Waals surface area contributed by atoms with Crippen LogP contribution in [0.3, 0.4) is 0 Å². The van der Waals surface area contributed by atoms with Gasteiger partial charge >= 0.3 is 23.9 Å². The van der Waals surface area contributed by atoms with Gasteiger partial charge < -0.3 is 18.9 Å². The Morgan fingerprint density at radius 1 is 0.788 bits per heavy atom. The van der Waals surface area contributed by atoms with Gasteiger partial charge in [-0.1, -0.05) is 63.2 Å². The van der Waals surface area contributed by atoms with Crippen molar-refractivity contribution in [1.82, 2.24) is 0 Å². The molecule has 8 nitrogen and oxygen atoms in total. The van der Waals surface area contributed by atoms with Gasteiger partial charge in [-0.2, -0.15) is 0 Å². The van der Waals surface area contributed by atoms with Crippen molar-refractivity contribution in [3.05, 3.63) is 48.0 Å². The van der Waals surface area contributed by atoms with Crippen molar-refractivity contribution >= 4 is 69.5 Å². The smallest absolute Gasteiger partial charge is 0.321 e. The van der Waals surface area contributed by atoms with Crippen molar-refractivity contribution in [2.24, 2.45) is 46.3 Å². The summed E-state index contributed by atoms with van der Waals surface area (Å²) in [5, 5.41) is 2.18. The van der Waals surface area contributed by atoms with E-state index in [2.05, 4.69) is 20.8 Å². The molecule has 6 rings (SSSR count). The van der Waals surface area contributed by atoms with Crippen LogP contribution in [0.4, 0.5) is 0 Å². The number of benzene rings is 2. The van der Waals surface area contributed by atoms with Crippen molar-refractivity contribution in [3.8, 4) is 0 Å². The van der Waals surface area contributed by atoms with Crippen LogP contribution in [0.2, 0.25) is 0 Å². The largest absolute Gasteiger partial charge is 0.461 e. The fourth-order valence-corrected chi connectivity index (χ4v) is 11.5. The number of rotatable bonds is 12. The van der Waals surface area contributed by atoms with Crippen molar-refractivity contribution in [3.63, 3.8) is 0 Å². The Balaban J connectivity index is 1.22. The van der Waals surface area contributed by atoms with Crippen molar-refractivity contribution in [2.75, 3.05) is 17.6 Å². The van der Waals surface area contributed by atoms with Crippen molar-refractivity contribution in [1.29, 1.82) is 0 Å². The van der Waals surface area contributed by atoms with Crippen LogP contribution in [0.1, 0.15) is 84.1 Å². The minimum Gasteiger partial charge on any atom is -0.461 e. The number of alkyl halides is 3. The van der Waals surface area contributed by atoms with E-state index in [1.807, 2.05) is 42.5 Å². The molecule has 0 spiro atoms. The molecule has 0 heterocycles. The molecule has 0 radical (unpaired) electrons. The van der Waals surface area contributed by atoms with Gasteiger partial charge in [-0.25, -0.2) is 0 Å². The molecular weight excluding hydrogens is 727 g/mol. The van der Waals surface area contributed by atoms with Gasteiger partial charge in [-0.05, 0) is 103 Å². The normalized spacial score (nSPS) is 34.3. The lowest BCUT2D eigenvalue weighted by molar-refractivity contribution is -0.224. The molecule has 4 saturated carbocycles. The zero-order chi connectivity index (χ0) is 37.2. The number of halogens is 3. The quantitative estimate of drug-likeness (QED) is 0.120. The van der Waals surface area contributed by atoms with E-state index in [9.17, 15) is 19.2 Å². The van der Waals surface area contributed by atoms with Gasteiger partial charge in [0.15, 0.2) is 0 Å². The Kier molecular flexibility index (Phi) is 12.4. The summed E-state index contributed by atoms with van der Waals surface area (Å²) in [5.41, 5.74) is 0.393. The van der Waals surface area contributed by atoms with Gasteiger partial charge in [-0.3, -0.25) is 19.2 Å². The van der Waals surface area contributed by atoms with Crippen molar-refractivity contribution in [2.45, 2.75) is 103 Å². The first-order valence-corrected chi connectivity index (χ1v) is 20.4. The highest BCUT2D eigenvalue weighted by Crippen LogP contribution is 2.69. The van der Waals surface area contributed by atoms with Gasteiger partial charge in [0.2, 0.25) is 0 Å². The number of carbonyl (C=O) groups excluding carboxylic acids is 4. The van der Waals surface area contributed by atoms with Crippen LogP contribution in [0.25, 0.3) is 10.8 Å². The third kappa shape index (κ3) is 7.68. The highest BCUT2D eigenvalue weighted by Gasteiger charge is 2.67. The second-order valence-electron chi connectivity index (χ2n) is 16.1. The zero-order valence-corrected chi connectivity index (χ0v) is 32.6. The first kappa shape index (κ1) is 39.2. The monoisotopic (exact) mass is 776 g/mol. The summed E-state index contributed by atoms with van der Waals surface area (Å²) in [6.45, 7) is 6.96. The summed E-state index contributed by atoms with van der Waals surface area (Å²) in [5.74, 6) is -1.60. The molecule has 52 heavy (non-hydrogen) atoms. The zero-order valence-electron chi connectivity index (χ0n) is 30.3. The molecule has 0 amide bonds. The highest BCUT2D eigenvalue weighted by molar-refractivity contribution is 6.27. The summed E-state index contributed by atoms with van der Waals surface area (Å²) >= 11 is 17.8. The molecule has 11 heteroatoms. The van der Waals surface area contributed by atoms with E-state index < -0.39 is 29.4 Å². The Morgan fingerprint density at radius 3 is 2.23 bits per heavy atom. The number of hydrogen-bond donors (Lipinski definition) is 0. The summed E-state index contributed by atoms with van der Waals surface area (Å²) in [7, 11) is 0. The Morgan fingerprint density at radius 2 is 1.48 bits per heavy atom. The van der Waals surface area contributed by atoms with Gasteiger partial charge in [0.05, 0.1) is 0 Å². The van der Waals surface area contributed by atoms with Crippen LogP contribution < -0.4 is 0 Å². The van der Waals surface area contributed by atoms with Gasteiger partial charge in [0, 0.05) is 17.8 Å². The second-order valence-corrected chi connectivity index (χ2v) is 16.9. The Bertz CT molecular complexity index is 1630. The van der Waals surface area contributed by atoms with E-state index in [1.54, 1.807) is 0 Å². The maximum absolute atomic E-state index is 13.1. The van der Waals surface area contributed by atoms with Crippen LogP contribution in [0.5, 0.6) is 0 Å². The minimum atomic E-state index is -0.447. The molecular formula is C41H51Cl3O8. The summed E-state index contributed by atoms with van der Waals surface area (Å²) in [6, 6.07) is 14.1. The van der Waals surface area contributed by atoms with Crippen LogP contribution in [-0.4, -0.2) is 59.8 Å². The number of ether oxygens (including phenoxy) is 4. The molecule has 0 unspecified atom stereocenters. The SMILES string of the molecule is C[C@H](CCC(=O)OCc1cccc2ccccc12)[C@H]1CC[C@H]2[C@@H]3[C@H](OC(=O)CCl)C[C@@H]4C[C@H](OC(=O)CCl)CC[C@]4(C)[C@H]3C[C@H](OC(=O)CCl)[C@]12C.